The smallest absolute Gasteiger partial charge is 0.271 e. The van der Waals surface area contributed by atoms with E-state index in [4.69, 9.17) is 0 Å². The van der Waals surface area contributed by atoms with Crippen LogP contribution in [0.15, 0.2) is 59.7 Å². The average Bonchev–Trinajstić information content (AvgIpc) is 2.67. The second-order valence-corrected chi connectivity index (χ2v) is 5.76. The Balaban J connectivity index is 1.91. The van der Waals surface area contributed by atoms with Crippen LogP contribution >= 0.6 is 0 Å². The number of hydrogen-bond acceptors (Lipinski definition) is 6. The highest BCUT2D eigenvalue weighted by molar-refractivity contribution is 6.24. The minimum absolute atomic E-state index is 0.117. The SMILES string of the molecule is O=[N+]([O-])c1ccc(N/N=C2/CCCC=C2c2ccccc2)c([N+](=O)[O-])c1. The van der Waals surface area contributed by atoms with Crippen molar-refractivity contribution < 1.29 is 9.85 Å². The molecule has 0 unspecified atom stereocenters. The number of nitrogens with zero attached hydrogens (tertiary/aromatic N) is 3. The molecule has 0 saturated heterocycles. The number of allylic oxidation sites excluding steroid dienone is 2. The standard InChI is InChI=1S/C18H16N4O4/c23-21(24)14-10-11-17(18(12-14)22(25)26)20-19-16-9-5-4-8-15(16)13-6-2-1-3-7-13/h1-3,6-8,10-12,20H,4-5,9H2/b19-16-. The molecule has 0 saturated carbocycles. The molecule has 2 aromatic rings. The van der Waals surface area contributed by atoms with Crippen LogP contribution in [0.3, 0.4) is 0 Å². The molecule has 1 aliphatic rings. The molecule has 8 heteroatoms. The van der Waals surface area contributed by atoms with Gasteiger partial charge in [-0.3, -0.25) is 25.7 Å². The van der Waals surface area contributed by atoms with Crippen LogP contribution in [0, 0.1) is 20.2 Å². The van der Waals surface area contributed by atoms with E-state index in [1.165, 1.54) is 12.1 Å². The van der Waals surface area contributed by atoms with Gasteiger partial charge in [-0.15, -0.1) is 0 Å². The lowest BCUT2D eigenvalue weighted by Crippen LogP contribution is -2.10. The Morgan fingerprint density at radius 2 is 1.77 bits per heavy atom. The lowest BCUT2D eigenvalue weighted by Gasteiger charge is -2.16. The lowest BCUT2D eigenvalue weighted by molar-refractivity contribution is -0.393. The highest BCUT2D eigenvalue weighted by Gasteiger charge is 2.20. The first-order valence-electron chi connectivity index (χ1n) is 8.07. The number of hydrogen-bond donors (Lipinski definition) is 1. The maximum absolute atomic E-state index is 11.2. The summed E-state index contributed by atoms with van der Waals surface area (Å²) in [5.74, 6) is 0. The molecular formula is C18H16N4O4. The Morgan fingerprint density at radius 1 is 1.00 bits per heavy atom. The Bertz CT molecular complexity index is 907. The zero-order valence-electron chi connectivity index (χ0n) is 13.8. The Kier molecular flexibility index (Phi) is 5.02. The van der Waals surface area contributed by atoms with Gasteiger partial charge in [0.2, 0.25) is 0 Å². The van der Waals surface area contributed by atoms with E-state index in [0.29, 0.717) is 0 Å². The van der Waals surface area contributed by atoms with Gasteiger partial charge in [-0.2, -0.15) is 5.10 Å². The van der Waals surface area contributed by atoms with E-state index >= 15 is 0 Å². The molecule has 3 rings (SSSR count). The van der Waals surface area contributed by atoms with Crippen molar-refractivity contribution in [2.24, 2.45) is 5.10 Å². The summed E-state index contributed by atoms with van der Waals surface area (Å²) in [6.45, 7) is 0. The Hall–Kier alpha value is -3.55. The number of anilines is 1. The molecule has 132 valence electrons. The highest BCUT2D eigenvalue weighted by Crippen LogP contribution is 2.30. The summed E-state index contributed by atoms with van der Waals surface area (Å²) in [5, 5.41) is 26.4. The van der Waals surface area contributed by atoms with Crippen molar-refractivity contribution in [1.29, 1.82) is 0 Å². The second-order valence-electron chi connectivity index (χ2n) is 5.76. The van der Waals surface area contributed by atoms with Crippen molar-refractivity contribution >= 4 is 28.3 Å². The molecule has 0 atom stereocenters. The van der Waals surface area contributed by atoms with Gasteiger partial charge in [0.15, 0.2) is 0 Å². The highest BCUT2D eigenvalue weighted by atomic mass is 16.6. The normalized spacial score (nSPS) is 15.4. The van der Waals surface area contributed by atoms with E-state index in [2.05, 4.69) is 16.6 Å². The van der Waals surface area contributed by atoms with Gasteiger partial charge in [-0.25, -0.2) is 0 Å². The molecule has 0 spiro atoms. The monoisotopic (exact) mass is 352 g/mol. The van der Waals surface area contributed by atoms with Crippen LogP contribution < -0.4 is 5.43 Å². The van der Waals surface area contributed by atoms with E-state index < -0.39 is 9.85 Å². The molecule has 1 aliphatic carbocycles. The van der Waals surface area contributed by atoms with Crippen LogP contribution in [0.1, 0.15) is 24.8 Å². The van der Waals surface area contributed by atoms with Crippen molar-refractivity contribution in [3.05, 3.63) is 80.4 Å². The molecule has 2 aromatic carbocycles. The minimum atomic E-state index is -0.667. The lowest BCUT2D eigenvalue weighted by atomic mass is 9.92. The molecule has 26 heavy (non-hydrogen) atoms. The fourth-order valence-electron chi connectivity index (χ4n) is 2.79. The summed E-state index contributed by atoms with van der Waals surface area (Å²) < 4.78 is 0. The molecule has 0 radical (unpaired) electrons. The Morgan fingerprint density at radius 3 is 2.46 bits per heavy atom. The number of nitrogens with one attached hydrogen (secondary N) is 1. The molecule has 0 heterocycles. The van der Waals surface area contributed by atoms with Gasteiger partial charge in [0.05, 0.1) is 21.6 Å². The van der Waals surface area contributed by atoms with Crippen LogP contribution in [0.25, 0.3) is 5.57 Å². The van der Waals surface area contributed by atoms with Gasteiger partial charge in [0.25, 0.3) is 5.69 Å². The largest absolute Gasteiger partial charge is 0.301 e. The molecule has 8 nitrogen and oxygen atoms in total. The molecule has 0 bridgehead atoms. The maximum atomic E-state index is 11.2. The fourth-order valence-corrected chi connectivity index (χ4v) is 2.79. The molecule has 1 N–H and O–H groups in total. The van der Waals surface area contributed by atoms with Gasteiger partial charge in [0.1, 0.15) is 5.69 Å². The van der Waals surface area contributed by atoms with Crippen LogP contribution in [0.5, 0.6) is 0 Å². The molecular weight excluding hydrogens is 336 g/mol. The van der Waals surface area contributed by atoms with E-state index in [1.807, 2.05) is 30.3 Å². The van der Waals surface area contributed by atoms with Gasteiger partial charge in [-0.1, -0.05) is 36.4 Å². The zero-order valence-corrected chi connectivity index (χ0v) is 13.8. The van der Waals surface area contributed by atoms with Crippen molar-refractivity contribution in [2.45, 2.75) is 19.3 Å². The molecule has 0 fully saturated rings. The van der Waals surface area contributed by atoms with E-state index in [1.54, 1.807) is 0 Å². The number of nitro groups is 2. The quantitative estimate of drug-likeness (QED) is 0.627. The first kappa shape index (κ1) is 17.3. The second kappa shape index (κ2) is 7.56. The van der Waals surface area contributed by atoms with Crippen molar-refractivity contribution in [3.8, 4) is 0 Å². The van der Waals surface area contributed by atoms with Gasteiger partial charge < -0.3 is 0 Å². The third-order valence-electron chi connectivity index (χ3n) is 4.06. The predicted molar refractivity (Wildman–Crippen MR) is 99.1 cm³/mol. The topological polar surface area (TPSA) is 111 Å². The van der Waals surface area contributed by atoms with Gasteiger partial charge >= 0.3 is 5.69 Å². The summed E-state index contributed by atoms with van der Waals surface area (Å²) >= 11 is 0. The third kappa shape index (κ3) is 3.75. The fraction of sp³-hybridized carbons (Fsp3) is 0.167. The summed E-state index contributed by atoms with van der Waals surface area (Å²) in [7, 11) is 0. The number of hydrazone groups is 1. The summed E-state index contributed by atoms with van der Waals surface area (Å²) in [6, 6.07) is 13.2. The van der Waals surface area contributed by atoms with E-state index in [0.717, 1.165) is 42.2 Å². The van der Waals surface area contributed by atoms with E-state index in [-0.39, 0.29) is 17.1 Å². The average molecular weight is 352 g/mol. The summed E-state index contributed by atoms with van der Waals surface area (Å²) in [6.07, 6.45) is 4.73. The van der Waals surface area contributed by atoms with Gasteiger partial charge in [0, 0.05) is 11.6 Å². The minimum Gasteiger partial charge on any atom is -0.271 e. The summed E-state index contributed by atoms with van der Waals surface area (Å²) in [4.78, 5) is 20.7. The van der Waals surface area contributed by atoms with Crippen molar-refractivity contribution in [3.63, 3.8) is 0 Å². The van der Waals surface area contributed by atoms with Crippen LogP contribution in [0.2, 0.25) is 0 Å². The third-order valence-corrected chi connectivity index (χ3v) is 4.06. The molecule has 0 aromatic heterocycles. The van der Waals surface area contributed by atoms with E-state index in [9.17, 15) is 20.2 Å². The summed E-state index contributed by atoms with van der Waals surface area (Å²) in [5.41, 5.74) is 4.94. The van der Waals surface area contributed by atoms with Crippen LogP contribution in [-0.2, 0) is 0 Å². The van der Waals surface area contributed by atoms with Crippen molar-refractivity contribution in [1.82, 2.24) is 0 Å². The molecule has 0 amide bonds. The molecule has 0 aliphatic heterocycles. The number of non-ortho nitro benzene ring substituents is 1. The Labute approximate surface area is 149 Å². The first-order valence-corrected chi connectivity index (χ1v) is 8.07. The van der Waals surface area contributed by atoms with Crippen LogP contribution in [-0.4, -0.2) is 15.6 Å². The number of benzene rings is 2. The zero-order chi connectivity index (χ0) is 18.5. The number of rotatable bonds is 5. The van der Waals surface area contributed by atoms with Gasteiger partial charge in [-0.05, 0) is 30.9 Å². The van der Waals surface area contributed by atoms with Crippen molar-refractivity contribution in [2.75, 3.05) is 5.43 Å². The maximum Gasteiger partial charge on any atom is 0.301 e. The predicted octanol–water partition coefficient (Wildman–Crippen LogP) is 4.54. The first-order chi connectivity index (χ1) is 12.6. The number of nitro benzene ring substituents is 2. The van der Waals surface area contributed by atoms with Crippen LogP contribution in [0.4, 0.5) is 17.1 Å².